The fourth-order valence-electron chi connectivity index (χ4n) is 2.17. The molecule has 0 N–H and O–H groups in total. The second-order valence-electron chi connectivity index (χ2n) is 4.90. The van der Waals surface area contributed by atoms with Crippen LogP contribution in [0.25, 0.3) is 0 Å². The molecule has 0 aromatic heterocycles. The Morgan fingerprint density at radius 2 is 2.00 bits per heavy atom. The first-order valence-corrected chi connectivity index (χ1v) is 8.90. The van der Waals surface area contributed by atoms with Crippen molar-refractivity contribution in [3.05, 3.63) is 35.4 Å². The van der Waals surface area contributed by atoms with Gasteiger partial charge in [0.05, 0.1) is 16.8 Å². The molecule has 1 aliphatic carbocycles. The van der Waals surface area contributed by atoms with Crippen molar-refractivity contribution in [3.8, 4) is 0 Å². The van der Waals surface area contributed by atoms with E-state index in [-0.39, 0.29) is 10.2 Å². The van der Waals surface area contributed by atoms with E-state index in [1.807, 2.05) is 6.26 Å². The van der Waals surface area contributed by atoms with Crippen molar-refractivity contribution in [2.24, 2.45) is 0 Å². The van der Waals surface area contributed by atoms with E-state index in [1.54, 1.807) is 18.0 Å². The standard InChI is InChI=1S/C14H20O2S2/c1-11-4-6-12(7-5-11)10-16-13-8-14(9-13,17-2)18(3)15/h4-7,13H,8-10H2,1-3H3. The predicted molar refractivity (Wildman–Crippen MR) is 79.3 cm³/mol. The highest BCUT2D eigenvalue weighted by atomic mass is 32.2. The number of ether oxygens (including phenoxy) is 1. The number of thioether (sulfide) groups is 1. The van der Waals surface area contributed by atoms with E-state index in [0.717, 1.165) is 12.8 Å². The normalized spacial score (nSPS) is 28.7. The van der Waals surface area contributed by atoms with Crippen LogP contribution in [-0.2, 0) is 22.1 Å². The molecule has 0 bridgehead atoms. The van der Waals surface area contributed by atoms with Gasteiger partial charge in [-0.15, -0.1) is 11.8 Å². The third kappa shape index (κ3) is 2.98. The minimum Gasteiger partial charge on any atom is -0.373 e. The monoisotopic (exact) mass is 284 g/mol. The lowest BCUT2D eigenvalue weighted by atomic mass is 9.94. The minimum atomic E-state index is -0.771. The average Bonchev–Trinajstić information content (AvgIpc) is 2.29. The molecule has 1 aromatic rings. The molecule has 0 aliphatic heterocycles. The van der Waals surface area contributed by atoms with E-state index < -0.39 is 10.8 Å². The summed E-state index contributed by atoms with van der Waals surface area (Å²) in [6, 6.07) is 8.42. The van der Waals surface area contributed by atoms with Crippen molar-refractivity contribution >= 4 is 22.6 Å². The molecule has 1 fully saturated rings. The maximum Gasteiger partial charge on any atom is 0.0952 e. The van der Waals surface area contributed by atoms with Crippen LogP contribution in [-0.4, -0.2) is 26.9 Å². The highest BCUT2D eigenvalue weighted by Crippen LogP contribution is 2.46. The number of aryl methyl sites for hydroxylation is 1. The first kappa shape index (κ1) is 14.1. The van der Waals surface area contributed by atoms with E-state index in [2.05, 4.69) is 31.2 Å². The van der Waals surface area contributed by atoms with Crippen LogP contribution in [0.2, 0.25) is 0 Å². The molecule has 1 unspecified atom stereocenters. The summed E-state index contributed by atoms with van der Waals surface area (Å²) in [5, 5.41) is 0. The second kappa shape index (κ2) is 5.76. The molecule has 0 heterocycles. The molecule has 0 saturated heterocycles. The Morgan fingerprint density at radius 3 is 2.50 bits per heavy atom. The number of hydrogen-bond acceptors (Lipinski definition) is 3. The van der Waals surface area contributed by atoms with Gasteiger partial charge in [0.1, 0.15) is 0 Å². The maximum atomic E-state index is 11.7. The molecule has 0 radical (unpaired) electrons. The Hall–Kier alpha value is -0.320. The van der Waals surface area contributed by atoms with Crippen molar-refractivity contribution < 1.29 is 8.95 Å². The molecule has 1 aliphatic rings. The van der Waals surface area contributed by atoms with Crippen molar-refractivity contribution in [2.75, 3.05) is 12.5 Å². The largest absolute Gasteiger partial charge is 0.373 e. The van der Waals surface area contributed by atoms with Gasteiger partial charge >= 0.3 is 0 Å². The topological polar surface area (TPSA) is 26.3 Å². The fourth-order valence-corrected chi connectivity index (χ4v) is 4.65. The lowest BCUT2D eigenvalue weighted by Gasteiger charge is -2.44. The smallest absolute Gasteiger partial charge is 0.0952 e. The first-order chi connectivity index (χ1) is 8.55. The Kier molecular flexibility index (Phi) is 4.51. The summed E-state index contributed by atoms with van der Waals surface area (Å²) in [5.41, 5.74) is 2.48. The van der Waals surface area contributed by atoms with Gasteiger partial charge in [-0.1, -0.05) is 29.8 Å². The average molecular weight is 284 g/mol. The highest BCUT2D eigenvalue weighted by molar-refractivity contribution is 8.12. The molecule has 1 saturated carbocycles. The van der Waals surface area contributed by atoms with Crippen molar-refractivity contribution in [2.45, 2.75) is 36.6 Å². The zero-order valence-electron chi connectivity index (χ0n) is 11.1. The van der Waals surface area contributed by atoms with Crippen LogP contribution < -0.4 is 0 Å². The maximum absolute atomic E-state index is 11.7. The van der Waals surface area contributed by atoms with Crippen LogP contribution in [0.3, 0.4) is 0 Å². The lowest BCUT2D eigenvalue weighted by Crippen LogP contribution is -2.48. The second-order valence-corrected chi connectivity index (χ2v) is 8.03. The van der Waals surface area contributed by atoms with E-state index in [9.17, 15) is 4.21 Å². The number of benzene rings is 1. The summed E-state index contributed by atoms with van der Waals surface area (Å²) in [4.78, 5) is 0. The molecular weight excluding hydrogens is 264 g/mol. The van der Waals surface area contributed by atoms with E-state index in [0.29, 0.717) is 6.61 Å². The van der Waals surface area contributed by atoms with Gasteiger partial charge in [-0.05, 0) is 18.7 Å². The molecular formula is C14H20O2S2. The SMILES string of the molecule is CSC1(S(C)=O)CC(OCc2ccc(C)cc2)C1. The zero-order valence-corrected chi connectivity index (χ0v) is 12.8. The zero-order chi connectivity index (χ0) is 13.2. The fraction of sp³-hybridized carbons (Fsp3) is 0.571. The molecule has 1 aromatic carbocycles. The van der Waals surface area contributed by atoms with Gasteiger partial charge in [0.25, 0.3) is 0 Å². The Morgan fingerprint density at radius 1 is 1.39 bits per heavy atom. The molecule has 0 spiro atoms. The molecule has 100 valence electrons. The quantitative estimate of drug-likeness (QED) is 0.831. The van der Waals surface area contributed by atoms with Gasteiger partial charge in [0.15, 0.2) is 0 Å². The summed E-state index contributed by atoms with van der Waals surface area (Å²) < 4.78 is 17.5. The van der Waals surface area contributed by atoms with Crippen LogP contribution in [0.4, 0.5) is 0 Å². The van der Waals surface area contributed by atoms with Gasteiger partial charge < -0.3 is 4.74 Å². The summed E-state index contributed by atoms with van der Waals surface area (Å²) in [7, 11) is -0.771. The third-order valence-electron chi connectivity index (χ3n) is 3.58. The van der Waals surface area contributed by atoms with Gasteiger partial charge in [0, 0.05) is 29.9 Å². The summed E-state index contributed by atoms with van der Waals surface area (Å²) >= 11 is 1.71. The highest BCUT2D eigenvalue weighted by Gasteiger charge is 2.47. The lowest BCUT2D eigenvalue weighted by molar-refractivity contribution is -0.0116. The van der Waals surface area contributed by atoms with Crippen molar-refractivity contribution in [3.63, 3.8) is 0 Å². The Labute approximate surface area is 116 Å². The van der Waals surface area contributed by atoms with Crippen LogP contribution in [0.5, 0.6) is 0 Å². The summed E-state index contributed by atoms with van der Waals surface area (Å²) in [6.45, 7) is 2.74. The van der Waals surface area contributed by atoms with Gasteiger partial charge in [0.2, 0.25) is 0 Å². The number of rotatable bonds is 5. The molecule has 18 heavy (non-hydrogen) atoms. The van der Waals surface area contributed by atoms with Crippen LogP contribution >= 0.6 is 11.8 Å². The molecule has 0 amide bonds. The Balaban J connectivity index is 1.80. The van der Waals surface area contributed by atoms with E-state index in [1.165, 1.54) is 11.1 Å². The number of hydrogen-bond donors (Lipinski definition) is 0. The van der Waals surface area contributed by atoms with Crippen molar-refractivity contribution in [1.29, 1.82) is 0 Å². The molecule has 2 rings (SSSR count). The summed E-state index contributed by atoms with van der Waals surface area (Å²) in [5.74, 6) is 0. The summed E-state index contributed by atoms with van der Waals surface area (Å²) in [6.07, 6.45) is 5.92. The third-order valence-corrected chi connectivity index (χ3v) is 7.24. The van der Waals surface area contributed by atoms with Crippen molar-refractivity contribution in [1.82, 2.24) is 0 Å². The van der Waals surface area contributed by atoms with Gasteiger partial charge in [-0.2, -0.15) is 0 Å². The minimum absolute atomic E-state index is 0.0576. The predicted octanol–water partition coefficient (Wildman–Crippen LogP) is 3.11. The first-order valence-electron chi connectivity index (χ1n) is 6.11. The van der Waals surface area contributed by atoms with E-state index in [4.69, 9.17) is 4.74 Å². The van der Waals surface area contributed by atoms with Crippen LogP contribution in [0.1, 0.15) is 24.0 Å². The molecule has 1 atom stereocenters. The van der Waals surface area contributed by atoms with Crippen LogP contribution in [0.15, 0.2) is 24.3 Å². The van der Waals surface area contributed by atoms with Crippen LogP contribution in [0, 0.1) is 6.92 Å². The Bertz CT molecular complexity index is 422. The molecule has 4 heteroatoms. The van der Waals surface area contributed by atoms with Gasteiger partial charge in [-0.25, -0.2) is 0 Å². The van der Waals surface area contributed by atoms with Gasteiger partial charge in [-0.3, -0.25) is 4.21 Å². The molecule has 2 nitrogen and oxygen atoms in total. The van der Waals surface area contributed by atoms with E-state index >= 15 is 0 Å².